The van der Waals surface area contributed by atoms with E-state index in [9.17, 15) is 4.79 Å². The zero-order valence-corrected chi connectivity index (χ0v) is 9.38. The molecule has 0 bridgehead atoms. The maximum atomic E-state index is 11.2. The number of nitrogens with one attached hydrogen (secondary N) is 1. The lowest BCUT2D eigenvalue weighted by molar-refractivity contribution is 0.135. The predicted molar refractivity (Wildman–Crippen MR) is 56.1 cm³/mol. The molecule has 0 aromatic rings. The van der Waals surface area contributed by atoms with Crippen LogP contribution in [0.1, 0.15) is 40.0 Å². The van der Waals surface area contributed by atoms with Crippen LogP contribution in [0.15, 0.2) is 0 Å². The van der Waals surface area contributed by atoms with Crippen molar-refractivity contribution in [2.75, 3.05) is 6.61 Å². The molecule has 0 aliphatic heterocycles. The lowest BCUT2D eigenvalue weighted by Crippen LogP contribution is -2.43. The molecule has 0 aromatic carbocycles. The van der Waals surface area contributed by atoms with Crippen molar-refractivity contribution in [3.63, 3.8) is 0 Å². The van der Waals surface area contributed by atoms with E-state index in [1.54, 1.807) is 0 Å². The molecule has 1 aliphatic carbocycles. The quantitative estimate of drug-likeness (QED) is 0.742. The fraction of sp³-hybridized carbons (Fsp3) is 0.909. The van der Waals surface area contributed by atoms with Gasteiger partial charge < -0.3 is 10.1 Å². The van der Waals surface area contributed by atoms with E-state index in [1.165, 1.54) is 12.8 Å². The van der Waals surface area contributed by atoms with Gasteiger partial charge in [0, 0.05) is 6.04 Å². The molecule has 0 saturated heterocycles. The van der Waals surface area contributed by atoms with Gasteiger partial charge in [-0.15, -0.1) is 0 Å². The van der Waals surface area contributed by atoms with E-state index in [0.717, 1.165) is 12.3 Å². The lowest BCUT2D eigenvalue weighted by Gasteiger charge is -2.32. The fourth-order valence-corrected chi connectivity index (χ4v) is 2.06. The Balaban J connectivity index is 2.37. The minimum Gasteiger partial charge on any atom is -0.450 e. The summed E-state index contributed by atoms with van der Waals surface area (Å²) in [6.45, 7) is 6.71. The summed E-state index contributed by atoms with van der Waals surface area (Å²) in [5.74, 6) is 1.30. The monoisotopic (exact) mass is 199 g/mol. The van der Waals surface area contributed by atoms with Gasteiger partial charge in [-0.05, 0) is 31.6 Å². The molecule has 0 aromatic heterocycles. The molecule has 1 fully saturated rings. The number of alkyl carbamates (subject to hydrolysis) is 1. The zero-order valence-electron chi connectivity index (χ0n) is 9.38. The smallest absolute Gasteiger partial charge is 0.407 e. The number of carbonyl (C=O) groups excluding carboxylic acids is 1. The van der Waals surface area contributed by atoms with Gasteiger partial charge in [0.1, 0.15) is 0 Å². The molecule has 3 heteroatoms. The second-order valence-electron chi connectivity index (χ2n) is 4.37. The minimum absolute atomic E-state index is 0.265. The Hall–Kier alpha value is -0.730. The van der Waals surface area contributed by atoms with Crippen molar-refractivity contribution in [3.05, 3.63) is 0 Å². The molecule has 3 atom stereocenters. The van der Waals surface area contributed by atoms with Crippen molar-refractivity contribution in [1.82, 2.24) is 5.32 Å². The van der Waals surface area contributed by atoms with E-state index >= 15 is 0 Å². The van der Waals surface area contributed by atoms with Crippen LogP contribution in [0.4, 0.5) is 4.79 Å². The van der Waals surface area contributed by atoms with Crippen molar-refractivity contribution in [2.24, 2.45) is 11.8 Å². The third-order valence-electron chi connectivity index (χ3n) is 3.04. The summed E-state index contributed by atoms with van der Waals surface area (Å²) in [6, 6.07) is 0.304. The van der Waals surface area contributed by atoms with Crippen LogP contribution >= 0.6 is 0 Å². The maximum absolute atomic E-state index is 11.2. The second kappa shape index (κ2) is 5.23. The first-order valence-electron chi connectivity index (χ1n) is 5.56. The number of hydrogen-bond acceptors (Lipinski definition) is 2. The third kappa shape index (κ3) is 3.20. The van der Waals surface area contributed by atoms with Gasteiger partial charge in [-0.3, -0.25) is 0 Å². The van der Waals surface area contributed by atoms with E-state index in [0.29, 0.717) is 18.6 Å². The van der Waals surface area contributed by atoms with Crippen LogP contribution < -0.4 is 5.32 Å². The van der Waals surface area contributed by atoms with Crippen molar-refractivity contribution < 1.29 is 9.53 Å². The van der Waals surface area contributed by atoms with Crippen LogP contribution in [0.25, 0.3) is 0 Å². The van der Waals surface area contributed by atoms with Crippen LogP contribution in [-0.2, 0) is 4.74 Å². The minimum atomic E-state index is -0.265. The molecule has 14 heavy (non-hydrogen) atoms. The van der Waals surface area contributed by atoms with Crippen molar-refractivity contribution >= 4 is 6.09 Å². The van der Waals surface area contributed by atoms with E-state index in [2.05, 4.69) is 19.2 Å². The molecule has 1 N–H and O–H groups in total. The molecule has 0 spiro atoms. The Labute approximate surface area is 86.2 Å². The highest BCUT2D eigenvalue weighted by atomic mass is 16.5. The molecular formula is C11H21NO2. The van der Waals surface area contributed by atoms with Gasteiger partial charge in [-0.2, -0.15) is 0 Å². The molecule has 0 heterocycles. The lowest BCUT2D eigenvalue weighted by atomic mass is 9.80. The number of amides is 1. The topological polar surface area (TPSA) is 38.3 Å². The SMILES string of the molecule is CCOC(=O)NC1C[C@@H](C)CC[C@H]1C. The normalized spacial score (nSPS) is 32.4. The average Bonchev–Trinajstić information content (AvgIpc) is 2.12. The number of hydrogen-bond donors (Lipinski definition) is 1. The summed E-state index contributed by atoms with van der Waals surface area (Å²) in [7, 11) is 0. The third-order valence-corrected chi connectivity index (χ3v) is 3.04. The highest BCUT2D eigenvalue weighted by Crippen LogP contribution is 2.28. The van der Waals surface area contributed by atoms with Crippen LogP contribution in [0.5, 0.6) is 0 Å². The Kier molecular flexibility index (Phi) is 4.23. The van der Waals surface area contributed by atoms with Crippen molar-refractivity contribution in [2.45, 2.75) is 46.1 Å². The van der Waals surface area contributed by atoms with Crippen molar-refractivity contribution in [1.29, 1.82) is 0 Å². The Morgan fingerprint density at radius 3 is 2.79 bits per heavy atom. The molecule has 1 amide bonds. The highest BCUT2D eigenvalue weighted by molar-refractivity contribution is 5.67. The van der Waals surface area contributed by atoms with Gasteiger partial charge in [-0.1, -0.05) is 20.3 Å². The van der Waals surface area contributed by atoms with Crippen LogP contribution in [0.2, 0.25) is 0 Å². The van der Waals surface area contributed by atoms with Gasteiger partial charge in [0.05, 0.1) is 6.61 Å². The van der Waals surface area contributed by atoms with Crippen molar-refractivity contribution in [3.8, 4) is 0 Å². The average molecular weight is 199 g/mol. The number of carbonyl (C=O) groups is 1. The van der Waals surface area contributed by atoms with E-state index in [4.69, 9.17) is 4.74 Å². The summed E-state index contributed by atoms with van der Waals surface area (Å²) in [4.78, 5) is 11.2. The first-order chi connectivity index (χ1) is 6.63. The van der Waals surface area contributed by atoms with Crippen LogP contribution in [-0.4, -0.2) is 18.7 Å². The van der Waals surface area contributed by atoms with E-state index in [-0.39, 0.29) is 6.09 Å². The molecule has 1 rings (SSSR count). The van der Waals surface area contributed by atoms with Crippen LogP contribution in [0.3, 0.4) is 0 Å². The summed E-state index contributed by atoms with van der Waals surface area (Å²) in [5.41, 5.74) is 0. The van der Waals surface area contributed by atoms with Crippen LogP contribution in [0, 0.1) is 11.8 Å². The van der Waals surface area contributed by atoms with E-state index in [1.807, 2.05) is 6.92 Å². The number of rotatable bonds is 2. The summed E-state index contributed by atoms with van der Waals surface area (Å²) in [5, 5.41) is 2.94. The Morgan fingerprint density at radius 1 is 1.43 bits per heavy atom. The first-order valence-corrected chi connectivity index (χ1v) is 5.56. The predicted octanol–water partition coefficient (Wildman–Crippen LogP) is 2.56. The summed E-state index contributed by atoms with van der Waals surface area (Å²) < 4.78 is 4.88. The van der Waals surface area contributed by atoms with Gasteiger partial charge >= 0.3 is 6.09 Å². The van der Waals surface area contributed by atoms with Gasteiger partial charge in [0.2, 0.25) is 0 Å². The van der Waals surface area contributed by atoms with E-state index < -0.39 is 0 Å². The maximum Gasteiger partial charge on any atom is 0.407 e. The van der Waals surface area contributed by atoms with Gasteiger partial charge in [-0.25, -0.2) is 4.79 Å². The Morgan fingerprint density at radius 2 is 2.14 bits per heavy atom. The molecule has 1 saturated carbocycles. The first kappa shape index (κ1) is 11.3. The molecule has 0 radical (unpaired) electrons. The molecule has 3 nitrogen and oxygen atoms in total. The summed E-state index contributed by atoms with van der Waals surface area (Å²) in [6.07, 6.45) is 3.30. The molecule has 1 unspecified atom stereocenters. The molecule has 1 aliphatic rings. The second-order valence-corrected chi connectivity index (χ2v) is 4.37. The largest absolute Gasteiger partial charge is 0.450 e. The van der Waals surface area contributed by atoms with Gasteiger partial charge in [0.25, 0.3) is 0 Å². The fourth-order valence-electron chi connectivity index (χ4n) is 2.06. The number of ether oxygens (including phenoxy) is 1. The highest BCUT2D eigenvalue weighted by Gasteiger charge is 2.26. The molecular weight excluding hydrogens is 178 g/mol. The molecule has 82 valence electrons. The zero-order chi connectivity index (χ0) is 10.6. The Bertz CT molecular complexity index is 194. The van der Waals surface area contributed by atoms with Gasteiger partial charge in [0.15, 0.2) is 0 Å². The standard InChI is InChI=1S/C11H21NO2/c1-4-14-11(13)12-10-7-8(2)5-6-9(10)3/h8-10H,4-7H2,1-3H3,(H,12,13)/t8-,9+,10?/m0/s1. The summed E-state index contributed by atoms with van der Waals surface area (Å²) >= 11 is 0.